The summed E-state index contributed by atoms with van der Waals surface area (Å²) in [5.74, 6) is -1.76. The number of likely N-dealkylation sites (tertiary alicyclic amines) is 1. The van der Waals surface area contributed by atoms with Gasteiger partial charge in [-0.1, -0.05) is 57.6 Å². The predicted octanol–water partition coefficient (Wildman–Crippen LogP) is 0.515. The van der Waals surface area contributed by atoms with E-state index in [-0.39, 0.29) is 56.0 Å². The molecule has 5 N–H and O–H groups in total. The third-order valence-corrected chi connectivity index (χ3v) is 8.10. The lowest BCUT2D eigenvalue weighted by molar-refractivity contribution is -0.139. The van der Waals surface area contributed by atoms with E-state index in [1.54, 1.807) is 4.90 Å². The number of hydrogen-bond acceptors (Lipinski definition) is 8. The van der Waals surface area contributed by atoms with Crippen molar-refractivity contribution in [3.8, 4) is 0 Å². The molecule has 1 saturated carbocycles. The van der Waals surface area contributed by atoms with E-state index in [0.29, 0.717) is 31.1 Å². The van der Waals surface area contributed by atoms with Crippen molar-refractivity contribution in [2.24, 2.45) is 17.8 Å². The molecule has 1 aromatic heterocycles. The van der Waals surface area contributed by atoms with Gasteiger partial charge in [0.15, 0.2) is 5.82 Å². The molecule has 14 nitrogen and oxygen atoms in total. The van der Waals surface area contributed by atoms with E-state index in [4.69, 9.17) is 5.11 Å². The van der Waals surface area contributed by atoms with Gasteiger partial charge in [-0.25, -0.2) is 0 Å². The first-order valence-corrected chi connectivity index (χ1v) is 14.3. The second kappa shape index (κ2) is 15.3. The molecule has 4 amide bonds. The van der Waals surface area contributed by atoms with Gasteiger partial charge in [-0.3, -0.25) is 24.0 Å². The second-order valence-electron chi connectivity index (χ2n) is 10.9. The lowest BCUT2D eigenvalue weighted by Crippen LogP contribution is -2.53. The molecule has 14 heteroatoms. The predicted molar refractivity (Wildman–Crippen MR) is 142 cm³/mol. The Hall–Kier alpha value is -3.58. The highest BCUT2D eigenvalue weighted by atomic mass is 16.4. The van der Waals surface area contributed by atoms with Crippen molar-refractivity contribution in [3.05, 3.63) is 5.82 Å². The minimum absolute atomic E-state index is 0.0115. The Kier molecular flexibility index (Phi) is 11.8. The third kappa shape index (κ3) is 8.98. The molecule has 2 aliphatic rings. The second-order valence-corrected chi connectivity index (χ2v) is 10.9. The molecular weight excluding hydrogens is 520 g/mol. The van der Waals surface area contributed by atoms with Crippen LogP contribution in [0.2, 0.25) is 0 Å². The van der Waals surface area contributed by atoms with Crippen LogP contribution in [0.15, 0.2) is 0 Å². The van der Waals surface area contributed by atoms with Gasteiger partial charge in [0.2, 0.25) is 23.6 Å². The molecule has 40 heavy (non-hydrogen) atoms. The van der Waals surface area contributed by atoms with Crippen LogP contribution in [-0.2, 0) is 30.5 Å². The van der Waals surface area contributed by atoms with Gasteiger partial charge in [0.05, 0.1) is 13.1 Å². The Bertz CT molecular complexity index is 1010. The number of nitrogens with zero attached hydrogens (tertiary/aromatic N) is 4. The number of amides is 4. The van der Waals surface area contributed by atoms with E-state index in [1.165, 1.54) is 6.42 Å². The van der Waals surface area contributed by atoms with Crippen LogP contribution >= 0.6 is 0 Å². The summed E-state index contributed by atoms with van der Waals surface area (Å²) in [6.45, 7) is 3.95. The van der Waals surface area contributed by atoms with E-state index in [2.05, 4.69) is 36.6 Å². The number of rotatable bonds is 14. The van der Waals surface area contributed by atoms with Gasteiger partial charge in [0.1, 0.15) is 12.1 Å². The first-order chi connectivity index (χ1) is 19.2. The smallest absolute Gasteiger partial charge is 0.303 e. The van der Waals surface area contributed by atoms with Gasteiger partial charge in [-0.2, -0.15) is 5.21 Å². The zero-order chi connectivity index (χ0) is 29.1. The van der Waals surface area contributed by atoms with Crippen molar-refractivity contribution < 1.29 is 29.1 Å². The summed E-state index contributed by atoms with van der Waals surface area (Å²) in [7, 11) is 0. The maximum atomic E-state index is 13.4. The number of carbonyl (C=O) groups is 5. The summed E-state index contributed by atoms with van der Waals surface area (Å²) in [6.07, 6.45) is 6.88. The number of nitrogens with one attached hydrogen (secondary N) is 4. The fourth-order valence-electron chi connectivity index (χ4n) is 5.60. The molecule has 222 valence electrons. The highest BCUT2D eigenvalue weighted by Gasteiger charge is 2.42. The Morgan fingerprint density at radius 3 is 2.48 bits per heavy atom. The summed E-state index contributed by atoms with van der Waals surface area (Å²) in [5, 5.41) is 30.4. The number of carboxylic acid groups (broad SMARTS) is 1. The van der Waals surface area contributed by atoms with Crippen molar-refractivity contribution in [3.63, 3.8) is 0 Å². The molecule has 1 saturated heterocycles. The molecule has 2 fully saturated rings. The summed E-state index contributed by atoms with van der Waals surface area (Å²) < 4.78 is 0. The van der Waals surface area contributed by atoms with Gasteiger partial charge in [-0.15, -0.1) is 10.2 Å². The van der Waals surface area contributed by atoms with Crippen molar-refractivity contribution in [1.82, 2.24) is 41.5 Å². The fraction of sp³-hybridized carbons (Fsp3) is 0.769. The van der Waals surface area contributed by atoms with Crippen molar-refractivity contribution in [2.45, 2.75) is 96.7 Å². The zero-order valence-electron chi connectivity index (χ0n) is 23.4. The maximum absolute atomic E-state index is 13.4. The van der Waals surface area contributed by atoms with Gasteiger partial charge in [0, 0.05) is 19.4 Å². The minimum atomic E-state index is -0.989. The molecular formula is C26H42N8O6. The highest BCUT2D eigenvalue weighted by Crippen LogP contribution is 2.37. The fourth-order valence-corrected chi connectivity index (χ4v) is 5.60. The molecule has 0 spiro atoms. The molecule has 0 bridgehead atoms. The number of aromatic nitrogens is 4. The maximum Gasteiger partial charge on any atom is 0.303 e. The SMILES string of the molecule is CC[C@H](C)[C@H](NC(=O)CCCC(=O)O)C(=O)NCC(=O)N1C[C@H](C2CCCCC2)CC1C(=O)NCc1nn[nH]n1. The molecule has 0 radical (unpaired) electrons. The average molecular weight is 563 g/mol. The summed E-state index contributed by atoms with van der Waals surface area (Å²) in [6, 6.07) is -1.53. The molecule has 1 aromatic rings. The van der Waals surface area contributed by atoms with Crippen LogP contribution in [0.3, 0.4) is 0 Å². The van der Waals surface area contributed by atoms with Crippen LogP contribution in [0, 0.1) is 17.8 Å². The third-order valence-electron chi connectivity index (χ3n) is 8.10. The highest BCUT2D eigenvalue weighted by molar-refractivity contribution is 5.93. The number of aromatic amines is 1. The van der Waals surface area contributed by atoms with E-state index in [0.717, 1.165) is 25.7 Å². The van der Waals surface area contributed by atoms with E-state index < -0.39 is 29.9 Å². The molecule has 3 rings (SSSR count). The molecule has 0 aromatic carbocycles. The van der Waals surface area contributed by atoms with Gasteiger partial charge in [-0.05, 0) is 30.6 Å². The first kappa shape index (κ1) is 31.0. The molecule has 2 heterocycles. The van der Waals surface area contributed by atoms with Crippen LogP contribution in [-0.4, -0.2) is 85.4 Å². The monoisotopic (exact) mass is 562 g/mol. The minimum Gasteiger partial charge on any atom is -0.481 e. The largest absolute Gasteiger partial charge is 0.481 e. The lowest BCUT2D eigenvalue weighted by Gasteiger charge is -2.28. The van der Waals surface area contributed by atoms with Crippen LogP contribution in [0.4, 0.5) is 0 Å². The van der Waals surface area contributed by atoms with Gasteiger partial charge in [0.25, 0.3) is 0 Å². The van der Waals surface area contributed by atoms with E-state index >= 15 is 0 Å². The Labute approximate surface area is 233 Å². The lowest BCUT2D eigenvalue weighted by atomic mass is 9.79. The van der Waals surface area contributed by atoms with E-state index in [1.807, 2.05) is 13.8 Å². The normalized spacial score (nSPS) is 20.9. The van der Waals surface area contributed by atoms with Gasteiger partial charge < -0.3 is 26.0 Å². The molecule has 1 aliphatic carbocycles. The number of tetrazole rings is 1. The zero-order valence-corrected chi connectivity index (χ0v) is 23.4. The van der Waals surface area contributed by atoms with E-state index in [9.17, 15) is 24.0 Å². The quantitative estimate of drug-likeness (QED) is 0.214. The summed E-state index contributed by atoms with van der Waals surface area (Å²) >= 11 is 0. The topological polar surface area (TPSA) is 199 Å². The molecule has 4 atom stereocenters. The van der Waals surface area contributed by atoms with Crippen LogP contribution in [0.5, 0.6) is 0 Å². The number of carboxylic acids is 1. The van der Waals surface area contributed by atoms with Gasteiger partial charge >= 0.3 is 5.97 Å². The summed E-state index contributed by atoms with van der Waals surface area (Å²) in [4.78, 5) is 64.2. The Balaban J connectivity index is 1.61. The van der Waals surface area contributed by atoms with Crippen LogP contribution in [0.1, 0.15) is 83.9 Å². The number of carbonyl (C=O) groups excluding carboxylic acids is 4. The number of aliphatic carboxylic acids is 1. The number of H-pyrrole nitrogens is 1. The van der Waals surface area contributed by atoms with Crippen molar-refractivity contribution >= 4 is 29.6 Å². The first-order valence-electron chi connectivity index (χ1n) is 14.3. The van der Waals surface area contributed by atoms with Crippen molar-refractivity contribution in [1.29, 1.82) is 0 Å². The standard InChI is InChI=1S/C26H42N8O6/c1-3-16(2)24(29-21(35)10-7-11-23(37)38)26(40)28-14-22(36)34-15-18(17-8-5-4-6-9-17)12-19(34)25(39)27-13-20-30-32-33-31-20/h16-19,24H,3-15H2,1-2H3,(H,27,39)(H,28,40)(H,29,35)(H,37,38)(H,30,31,32,33)/t16-,18+,19?,24-/m0/s1. The Morgan fingerprint density at radius 1 is 1.07 bits per heavy atom. The molecule has 1 aliphatic heterocycles. The van der Waals surface area contributed by atoms with Crippen LogP contribution < -0.4 is 16.0 Å². The molecule has 1 unspecified atom stereocenters. The average Bonchev–Trinajstić information content (AvgIpc) is 3.64. The van der Waals surface area contributed by atoms with Crippen molar-refractivity contribution in [2.75, 3.05) is 13.1 Å². The Morgan fingerprint density at radius 2 is 1.82 bits per heavy atom. The summed E-state index contributed by atoms with van der Waals surface area (Å²) in [5.41, 5.74) is 0. The number of hydrogen-bond donors (Lipinski definition) is 5. The van der Waals surface area contributed by atoms with Crippen LogP contribution in [0.25, 0.3) is 0 Å².